The van der Waals surface area contributed by atoms with Crippen molar-refractivity contribution >= 4 is 23.5 Å². The van der Waals surface area contributed by atoms with E-state index in [0.717, 1.165) is 0 Å². The first-order valence-corrected chi connectivity index (χ1v) is 7.72. The minimum atomic E-state index is -0.439. The Hall–Kier alpha value is -1.96. The van der Waals surface area contributed by atoms with E-state index in [-0.39, 0.29) is 23.1 Å². The summed E-state index contributed by atoms with van der Waals surface area (Å²) in [5, 5.41) is 21.7. The summed E-state index contributed by atoms with van der Waals surface area (Å²) in [7, 11) is 0. The molecule has 1 aliphatic rings. The van der Waals surface area contributed by atoms with E-state index < -0.39 is 4.75 Å². The summed E-state index contributed by atoms with van der Waals surface area (Å²) in [6.45, 7) is 0.968. The number of hydrogen-bond donors (Lipinski definition) is 3. The highest BCUT2D eigenvalue weighted by Crippen LogP contribution is 2.35. The number of amides is 1. The zero-order valence-electron chi connectivity index (χ0n) is 11.7. The molecular formula is C13H18N4O3S. The SMILES string of the molecule is CSC1(/C(N)=N/O)CCN(C(=O)c2ccncc2O)CC1. The molecule has 21 heavy (non-hydrogen) atoms. The van der Waals surface area contributed by atoms with Crippen LogP contribution in [0.15, 0.2) is 23.6 Å². The number of thioether (sulfide) groups is 1. The molecule has 114 valence electrons. The molecular weight excluding hydrogens is 292 g/mol. The van der Waals surface area contributed by atoms with Gasteiger partial charge in [-0.1, -0.05) is 5.16 Å². The predicted molar refractivity (Wildman–Crippen MR) is 80.7 cm³/mol. The molecule has 0 saturated carbocycles. The maximum Gasteiger partial charge on any atom is 0.257 e. The van der Waals surface area contributed by atoms with Crippen LogP contribution in [0.25, 0.3) is 0 Å². The topological polar surface area (TPSA) is 112 Å². The van der Waals surface area contributed by atoms with Crippen molar-refractivity contribution in [2.45, 2.75) is 17.6 Å². The van der Waals surface area contributed by atoms with E-state index in [0.29, 0.717) is 25.9 Å². The summed E-state index contributed by atoms with van der Waals surface area (Å²) in [5.41, 5.74) is 6.02. The number of hydrogen-bond acceptors (Lipinski definition) is 6. The van der Waals surface area contributed by atoms with Gasteiger partial charge in [0.15, 0.2) is 5.84 Å². The van der Waals surface area contributed by atoms with Crippen molar-refractivity contribution < 1.29 is 15.1 Å². The highest BCUT2D eigenvalue weighted by Gasteiger charge is 2.39. The lowest BCUT2D eigenvalue weighted by Crippen LogP contribution is -2.51. The fourth-order valence-electron chi connectivity index (χ4n) is 2.46. The summed E-state index contributed by atoms with van der Waals surface area (Å²) >= 11 is 1.53. The van der Waals surface area contributed by atoms with Gasteiger partial charge in [-0.15, -0.1) is 0 Å². The number of aromatic nitrogens is 1. The van der Waals surface area contributed by atoms with E-state index in [9.17, 15) is 9.90 Å². The monoisotopic (exact) mass is 310 g/mol. The number of amidine groups is 1. The number of nitrogens with zero attached hydrogens (tertiary/aromatic N) is 3. The van der Waals surface area contributed by atoms with Crippen LogP contribution in [0.3, 0.4) is 0 Å². The summed E-state index contributed by atoms with van der Waals surface area (Å²) in [4.78, 5) is 17.8. The number of nitrogens with two attached hydrogens (primary N) is 1. The molecule has 1 aromatic rings. The molecule has 1 saturated heterocycles. The maximum absolute atomic E-state index is 12.4. The summed E-state index contributed by atoms with van der Waals surface area (Å²) < 4.78 is -0.439. The molecule has 7 nitrogen and oxygen atoms in total. The molecule has 1 aromatic heterocycles. The predicted octanol–water partition coefficient (Wildman–Crippen LogP) is 0.871. The van der Waals surface area contributed by atoms with Crippen molar-refractivity contribution in [2.24, 2.45) is 10.9 Å². The third kappa shape index (κ3) is 2.90. The van der Waals surface area contributed by atoms with Gasteiger partial charge in [0.1, 0.15) is 5.75 Å². The molecule has 0 atom stereocenters. The zero-order valence-corrected chi connectivity index (χ0v) is 12.5. The summed E-state index contributed by atoms with van der Waals surface area (Å²) in [5.74, 6) is -0.168. The van der Waals surface area contributed by atoms with Crippen LogP contribution in [0.1, 0.15) is 23.2 Å². The van der Waals surface area contributed by atoms with Crippen molar-refractivity contribution in [3.05, 3.63) is 24.0 Å². The normalized spacial score (nSPS) is 18.5. The van der Waals surface area contributed by atoms with Crippen LogP contribution in [0, 0.1) is 0 Å². The minimum Gasteiger partial charge on any atom is -0.505 e. The van der Waals surface area contributed by atoms with E-state index in [1.54, 1.807) is 4.90 Å². The number of aromatic hydroxyl groups is 1. The van der Waals surface area contributed by atoms with Gasteiger partial charge in [0.2, 0.25) is 0 Å². The molecule has 0 bridgehead atoms. The fraction of sp³-hybridized carbons (Fsp3) is 0.462. The largest absolute Gasteiger partial charge is 0.505 e. The average Bonchev–Trinajstić information content (AvgIpc) is 2.54. The number of likely N-dealkylation sites (tertiary alicyclic amines) is 1. The van der Waals surface area contributed by atoms with Crippen LogP contribution < -0.4 is 5.73 Å². The second kappa shape index (κ2) is 6.21. The number of rotatable bonds is 3. The number of pyridine rings is 1. The third-order valence-electron chi connectivity index (χ3n) is 3.85. The van der Waals surface area contributed by atoms with Crippen molar-refractivity contribution in [1.29, 1.82) is 0 Å². The van der Waals surface area contributed by atoms with Crippen molar-refractivity contribution in [3.63, 3.8) is 0 Å². The van der Waals surface area contributed by atoms with E-state index in [2.05, 4.69) is 10.1 Å². The smallest absolute Gasteiger partial charge is 0.257 e. The molecule has 0 unspecified atom stereocenters. The molecule has 0 spiro atoms. The lowest BCUT2D eigenvalue weighted by molar-refractivity contribution is 0.0714. The van der Waals surface area contributed by atoms with Gasteiger partial charge in [0.25, 0.3) is 5.91 Å². The molecule has 0 radical (unpaired) electrons. The molecule has 0 aromatic carbocycles. The van der Waals surface area contributed by atoms with Crippen LogP contribution in [0.2, 0.25) is 0 Å². The van der Waals surface area contributed by atoms with Gasteiger partial charge >= 0.3 is 0 Å². The number of carbonyl (C=O) groups is 1. The molecule has 2 heterocycles. The van der Waals surface area contributed by atoms with Gasteiger partial charge in [-0.25, -0.2) is 0 Å². The Kier molecular flexibility index (Phi) is 4.56. The molecule has 8 heteroatoms. The van der Waals surface area contributed by atoms with Gasteiger partial charge in [-0.3, -0.25) is 9.78 Å². The second-order valence-corrected chi connectivity index (χ2v) is 6.06. The average molecular weight is 310 g/mol. The van der Waals surface area contributed by atoms with Crippen molar-refractivity contribution in [3.8, 4) is 5.75 Å². The van der Waals surface area contributed by atoms with Crippen molar-refractivity contribution in [2.75, 3.05) is 19.3 Å². The Morgan fingerprint density at radius 3 is 2.71 bits per heavy atom. The Morgan fingerprint density at radius 1 is 1.52 bits per heavy atom. The third-order valence-corrected chi connectivity index (χ3v) is 5.25. The van der Waals surface area contributed by atoms with E-state index in [1.807, 2.05) is 6.26 Å². The van der Waals surface area contributed by atoms with Crippen molar-refractivity contribution in [1.82, 2.24) is 9.88 Å². The first kappa shape index (κ1) is 15.4. The van der Waals surface area contributed by atoms with Crippen LogP contribution in [-0.2, 0) is 0 Å². The quantitative estimate of drug-likeness (QED) is 0.330. The molecule has 1 aliphatic heterocycles. The Balaban J connectivity index is 2.11. The first-order valence-electron chi connectivity index (χ1n) is 6.49. The van der Waals surface area contributed by atoms with Crippen LogP contribution in [0.4, 0.5) is 0 Å². The van der Waals surface area contributed by atoms with Crippen LogP contribution in [0.5, 0.6) is 5.75 Å². The minimum absolute atomic E-state index is 0.124. The zero-order chi connectivity index (χ0) is 15.5. The van der Waals surface area contributed by atoms with E-state index in [1.165, 1.54) is 30.2 Å². The van der Waals surface area contributed by atoms with Gasteiger partial charge in [0.05, 0.1) is 16.5 Å². The van der Waals surface area contributed by atoms with Gasteiger partial charge in [-0.2, -0.15) is 11.8 Å². The molecule has 2 rings (SSSR count). The molecule has 0 aliphatic carbocycles. The van der Waals surface area contributed by atoms with Crippen LogP contribution >= 0.6 is 11.8 Å². The molecule has 1 amide bonds. The number of oxime groups is 1. The van der Waals surface area contributed by atoms with E-state index >= 15 is 0 Å². The van der Waals surface area contributed by atoms with Gasteiger partial charge in [-0.05, 0) is 25.2 Å². The lowest BCUT2D eigenvalue weighted by Gasteiger charge is -2.39. The Bertz CT molecular complexity index is 556. The fourth-order valence-corrected chi connectivity index (χ4v) is 3.31. The standard InChI is InChI=1S/C13H18N4O3S/c1-21-13(12(14)16-20)3-6-17(7-4-13)11(19)9-2-5-15-8-10(9)18/h2,5,8,18,20H,3-4,6-7H2,1H3,(H2,14,16). The molecule has 4 N–H and O–H groups in total. The number of carbonyl (C=O) groups excluding carboxylic acids is 1. The summed E-state index contributed by atoms with van der Waals surface area (Å²) in [6.07, 6.45) is 5.83. The first-order chi connectivity index (χ1) is 10.0. The summed E-state index contributed by atoms with van der Waals surface area (Å²) in [6, 6.07) is 1.50. The highest BCUT2D eigenvalue weighted by molar-refractivity contribution is 8.00. The Labute approximate surface area is 126 Å². The van der Waals surface area contributed by atoms with Gasteiger partial charge in [0, 0.05) is 19.3 Å². The van der Waals surface area contributed by atoms with E-state index in [4.69, 9.17) is 10.9 Å². The second-order valence-electron chi connectivity index (χ2n) is 4.87. The Morgan fingerprint density at radius 2 is 2.19 bits per heavy atom. The number of piperidine rings is 1. The van der Waals surface area contributed by atoms with Crippen LogP contribution in [-0.4, -0.2) is 56.0 Å². The lowest BCUT2D eigenvalue weighted by atomic mass is 9.94. The van der Waals surface area contributed by atoms with Gasteiger partial charge < -0.3 is 20.9 Å². The molecule has 1 fully saturated rings. The highest BCUT2D eigenvalue weighted by atomic mass is 32.2. The maximum atomic E-state index is 12.4.